The van der Waals surface area contributed by atoms with E-state index in [1.165, 1.54) is 0 Å². The molecule has 6 nitrogen and oxygen atoms in total. The molecule has 0 saturated carbocycles. The van der Waals surface area contributed by atoms with E-state index < -0.39 is 10.0 Å². The molecule has 1 aromatic rings. The maximum atomic E-state index is 11.6. The summed E-state index contributed by atoms with van der Waals surface area (Å²) in [7, 11) is -3.34. The molecule has 1 aromatic heterocycles. The molecule has 0 radical (unpaired) electrons. The molecule has 0 aliphatic heterocycles. The van der Waals surface area contributed by atoms with Crippen LogP contribution in [0.4, 0.5) is 5.69 Å². The number of H-pyrrole nitrogens is 1. The minimum absolute atomic E-state index is 0.0115. The van der Waals surface area contributed by atoms with Crippen molar-refractivity contribution in [1.29, 1.82) is 0 Å². The number of aliphatic hydroxyl groups excluding tert-OH is 1. The lowest BCUT2D eigenvalue weighted by Crippen LogP contribution is -2.17. The van der Waals surface area contributed by atoms with Gasteiger partial charge in [-0.2, -0.15) is 5.10 Å². The first-order valence-electron chi connectivity index (χ1n) is 5.09. The minimum atomic E-state index is -3.34. The predicted octanol–water partition coefficient (Wildman–Crippen LogP) is 0.541. The largest absolute Gasteiger partial charge is 0.396 e. The molecule has 0 saturated heterocycles. The topological polar surface area (TPSA) is 95.1 Å². The molecule has 0 fully saturated rings. The first-order chi connectivity index (χ1) is 7.46. The van der Waals surface area contributed by atoms with E-state index in [1.807, 2.05) is 0 Å². The lowest BCUT2D eigenvalue weighted by molar-refractivity contribution is 0.287. The number of aryl methyl sites for hydroxylation is 2. The SMILES string of the molecule is Cc1n[nH]c(C)c1NS(=O)(=O)CCCCO. The Bertz CT molecular complexity index is 419. The van der Waals surface area contributed by atoms with E-state index in [4.69, 9.17) is 5.11 Å². The number of hydrogen-bond acceptors (Lipinski definition) is 4. The zero-order chi connectivity index (χ0) is 12.2. The number of aromatic amines is 1. The van der Waals surface area contributed by atoms with E-state index in [-0.39, 0.29) is 12.4 Å². The quantitative estimate of drug-likeness (QED) is 0.639. The summed E-state index contributed by atoms with van der Waals surface area (Å²) in [6.45, 7) is 3.50. The number of sulfonamides is 1. The fourth-order valence-corrected chi connectivity index (χ4v) is 2.61. The predicted molar refractivity (Wildman–Crippen MR) is 61.8 cm³/mol. The van der Waals surface area contributed by atoms with E-state index in [0.717, 1.165) is 0 Å². The highest BCUT2D eigenvalue weighted by Gasteiger charge is 2.14. The number of anilines is 1. The van der Waals surface area contributed by atoms with Gasteiger partial charge in [0.1, 0.15) is 0 Å². The molecule has 0 bridgehead atoms. The van der Waals surface area contributed by atoms with Gasteiger partial charge in [0, 0.05) is 6.61 Å². The van der Waals surface area contributed by atoms with Crippen LogP contribution in [0.2, 0.25) is 0 Å². The Balaban J connectivity index is 2.66. The van der Waals surface area contributed by atoms with Crippen molar-refractivity contribution in [3.63, 3.8) is 0 Å². The summed E-state index contributed by atoms with van der Waals surface area (Å²) < 4.78 is 25.8. The smallest absolute Gasteiger partial charge is 0.232 e. The van der Waals surface area contributed by atoms with Crippen LogP contribution in [-0.4, -0.2) is 36.1 Å². The Kier molecular flexibility index (Phi) is 4.31. The lowest BCUT2D eigenvalue weighted by Gasteiger charge is -2.07. The third-order valence-corrected chi connectivity index (χ3v) is 3.55. The van der Waals surface area contributed by atoms with E-state index in [1.54, 1.807) is 13.8 Å². The number of aromatic nitrogens is 2. The molecule has 92 valence electrons. The normalized spacial score (nSPS) is 11.7. The van der Waals surface area contributed by atoms with Crippen LogP contribution in [0.3, 0.4) is 0 Å². The van der Waals surface area contributed by atoms with Crippen molar-refractivity contribution in [2.45, 2.75) is 26.7 Å². The molecule has 16 heavy (non-hydrogen) atoms. The van der Waals surface area contributed by atoms with Gasteiger partial charge in [-0.3, -0.25) is 9.82 Å². The number of nitrogens with zero attached hydrogens (tertiary/aromatic N) is 1. The lowest BCUT2D eigenvalue weighted by atomic mass is 10.3. The first-order valence-corrected chi connectivity index (χ1v) is 6.74. The molecule has 0 aliphatic carbocycles. The second kappa shape index (κ2) is 5.31. The van der Waals surface area contributed by atoms with Crippen LogP contribution in [0.5, 0.6) is 0 Å². The van der Waals surface area contributed by atoms with Crippen LogP contribution >= 0.6 is 0 Å². The van der Waals surface area contributed by atoms with Crippen LogP contribution in [0.25, 0.3) is 0 Å². The molecule has 0 spiro atoms. The highest BCUT2D eigenvalue weighted by Crippen LogP contribution is 2.17. The molecule has 1 heterocycles. The maximum Gasteiger partial charge on any atom is 0.232 e. The van der Waals surface area contributed by atoms with Crippen molar-refractivity contribution in [2.75, 3.05) is 17.1 Å². The molecule has 0 unspecified atom stereocenters. The van der Waals surface area contributed by atoms with E-state index in [0.29, 0.717) is 29.9 Å². The molecule has 7 heteroatoms. The highest BCUT2D eigenvalue weighted by molar-refractivity contribution is 7.92. The van der Waals surface area contributed by atoms with Gasteiger partial charge < -0.3 is 5.11 Å². The van der Waals surface area contributed by atoms with E-state index in [9.17, 15) is 8.42 Å². The van der Waals surface area contributed by atoms with Gasteiger partial charge in [0.05, 0.1) is 22.8 Å². The summed E-state index contributed by atoms with van der Waals surface area (Å²) in [6, 6.07) is 0. The molecule has 0 atom stereocenters. The Morgan fingerprint density at radius 3 is 2.56 bits per heavy atom. The zero-order valence-electron chi connectivity index (χ0n) is 9.45. The van der Waals surface area contributed by atoms with Gasteiger partial charge in [0.2, 0.25) is 10.0 Å². The summed E-state index contributed by atoms with van der Waals surface area (Å²) in [5.41, 5.74) is 1.84. The van der Waals surface area contributed by atoms with E-state index in [2.05, 4.69) is 14.9 Å². The summed E-state index contributed by atoms with van der Waals surface area (Å²) in [5, 5.41) is 15.2. The first kappa shape index (κ1) is 13.0. The van der Waals surface area contributed by atoms with Crippen molar-refractivity contribution in [1.82, 2.24) is 10.2 Å². The van der Waals surface area contributed by atoms with Crippen molar-refractivity contribution in [3.8, 4) is 0 Å². The monoisotopic (exact) mass is 247 g/mol. The van der Waals surface area contributed by atoms with Crippen LogP contribution < -0.4 is 4.72 Å². The van der Waals surface area contributed by atoms with Gasteiger partial charge in [-0.15, -0.1) is 0 Å². The Morgan fingerprint density at radius 2 is 2.06 bits per heavy atom. The second-order valence-corrected chi connectivity index (χ2v) is 5.50. The van der Waals surface area contributed by atoms with Gasteiger partial charge in [0.15, 0.2) is 0 Å². The van der Waals surface area contributed by atoms with Gasteiger partial charge in [-0.1, -0.05) is 0 Å². The Labute approximate surface area is 95.1 Å². The molecule has 1 rings (SSSR count). The van der Waals surface area contributed by atoms with Gasteiger partial charge >= 0.3 is 0 Å². The second-order valence-electron chi connectivity index (χ2n) is 3.66. The van der Waals surface area contributed by atoms with Gasteiger partial charge in [-0.25, -0.2) is 8.42 Å². The summed E-state index contributed by atoms with van der Waals surface area (Å²) in [4.78, 5) is 0. The average Bonchev–Trinajstić information content (AvgIpc) is 2.49. The number of unbranched alkanes of at least 4 members (excludes halogenated alkanes) is 1. The zero-order valence-corrected chi connectivity index (χ0v) is 10.3. The summed E-state index contributed by atoms with van der Waals surface area (Å²) >= 11 is 0. The van der Waals surface area contributed by atoms with Crippen molar-refractivity contribution in [2.24, 2.45) is 0 Å². The number of aliphatic hydroxyl groups is 1. The number of hydrogen-bond donors (Lipinski definition) is 3. The van der Waals surface area contributed by atoms with Gasteiger partial charge in [-0.05, 0) is 26.7 Å². The Morgan fingerprint density at radius 1 is 1.38 bits per heavy atom. The summed E-state index contributed by atoms with van der Waals surface area (Å²) in [5.74, 6) is 0.0115. The van der Waals surface area contributed by atoms with E-state index >= 15 is 0 Å². The fourth-order valence-electron chi connectivity index (χ4n) is 1.31. The van der Waals surface area contributed by atoms with Crippen molar-refractivity contribution < 1.29 is 13.5 Å². The molecule has 3 N–H and O–H groups in total. The standard InChI is InChI=1S/C9H17N3O3S/c1-7-9(8(2)11-10-7)12-16(14,15)6-4-3-5-13/h12-13H,3-6H2,1-2H3,(H,10,11). The third-order valence-electron chi connectivity index (χ3n) is 2.21. The van der Waals surface area contributed by atoms with Crippen LogP contribution in [0.15, 0.2) is 0 Å². The highest BCUT2D eigenvalue weighted by atomic mass is 32.2. The molecule has 0 aromatic carbocycles. The Hall–Kier alpha value is -1.08. The number of rotatable bonds is 6. The summed E-state index contributed by atoms with van der Waals surface area (Å²) in [6.07, 6.45) is 0.937. The molecular formula is C9H17N3O3S. The minimum Gasteiger partial charge on any atom is -0.396 e. The van der Waals surface area contributed by atoms with Crippen LogP contribution in [0.1, 0.15) is 24.2 Å². The average molecular weight is 247 g/mol. The van der Waals surface area contributed by atoms with Crippen LogP contribution in [0, 0.1) is 13.8 Å². The maximum absolute atomic E-state index is 11.6. The molecule has 0 aliphatic rings. The van der Waals surface area contributed by atoms with Gasteiger partial charge in [0.25, 0.3) is 0 Å². The van der Waals surface area contributed by atoms with Crippen molar-refractivity contribution in [3.05, 3.63) is 11.4 Å². The van der Waals surface area contributed by atoms with Crippen LogP contribution in [-0.2, 0) is 10.0 Å². The molecular weight excluding hydrogens is 230 g/mol. The fraction of sp³-hybridized carbons (Fsp3) is 0.667. The molecule has 0 amide bonds. The third kappa shape index (κ3) is 3.49. The van der Waals surface area contributed by atoms with Crippen molar-refractivity contribution >= 4 is 15.7 Å². The number of nitrogens with one attached hydrogen (secondary N) is 2.